The summed E-state index contributed by atoms with van der Waals surface area (Å²) in [4.78, 5) is 0. The van der Waals surface area contributed by atoms with Crippen LogP contribution in [0.3, 0.4) is 0 Å². The molecule has 1 aliphatic rings. The molecule has 0 aliphatic carbocycles. The smallest absolute Gasteiger partial charge is 0.705 e. The third-order valence-electron chi connectivity index (χ3n) is 0.670. The molecule has 0 bridgehead atoms. The second-order valence-electron chi connectivity index (χ2n) is 1.68. The first-order valence-electron chi connectivity index (χ1n) is 2.64. The molecule has 8 heteroatoms. The van der Waals surface area contributed by atoms with Gasteiger partial charge in [-0.2, -0.15) is 8.42 Å². The molecule has 0 aromatic rings. The maximum absolute atomic E-state index is 8.74. The Morgan fingerprint density at radius 2 is 1.50 bits per heavy atom. The predicted octanol–water partition coefficient (Wildman–Crippen LogP) is 0.909. The molecule has 0 amide bonds. The van der Waals surface area contributed by atoms with Crippen LogP contribution in [0.25, 0.3) is 10.6 Å². The maximum Gasteiger partial charge on any atom is 2.00 e. The van der Waals surface area contributed by atoms with E-state index in [1.54, 1.807) is 12.4 Å². The van der Waals surface area contributed by atoms with Gasteiger partial charge in [-0.25, -0.2) is 18.6 Å². The van der Waals surface area contributed by atoms with Crippen LogP contribution in [0.1, 0.15) is 6.92 Å². The van der Waals surface area contributed by atoms with Crippen LogP contribution in [0, 0.1) is 0 Å². The van der Waals surface area contributed by atoms with Crippen molar-refractivity contribution in [1.82, 2.24) is 0 Å². The fourth-order valence-corrected chi connectivity index (χ4v) is 0.365. The van der Waals surface area contributed by atoms with Crippen molar-refractivity contribution in [3.63, 3.8) is 0 Å². The van der Waals surface area contributed by atoms with E-state index in [1.807, 2.05) is 6.92 Å². The van der Waals surface area contributed by atoms with E-state index < -0.39 is 10.4 Å². The summed E-state index contributed by atoms with van der Waals surface area (Å²) in [7, 11) is -4.67. The minimum Gasteiger partial charge on any atom is -0.705 e. The van der Waals surface area contributed by atoms with Crippen molar-refractivity contribution in [3.8, 4) is 0 Å². The fraction of sp³-hybridized carbons (Fsp3) is 0.500. The Balaban J connectivity index is 0. The van der Waals surface area contributed by atoms with Gasteiger partial charge >= 0.3 is 29.9 Å². The van der Waals surface area contributed by atoms with E-state index in [-0.39, 0.29) is 25.6 Å². The SMILES string of the molecule is CC1[N-]C=C[N-]1.O=S(=O)(O)O.[Zn+2]. The number of nitrogens with zero attached hydrogens (tertiary/aromatic N) is 2. The van der Waals surface area contributed by atoms with Crippen molar-refractivity contribution in [2.45, 2.75) is 13.1 Å². The Morgan fingerprint density at radius 1 is 1.25 bits per heavy atom. The normalized spacial score (nSPS) is 14.9. The van der Waals surface area contributed by atoms with Crippen molar-refractivity contribution in [2.24, 2.45) is 0 Å². The van der Waals surface area contributed by atoms with Gasteiger partial charge in [0.15, 0.2) is 0 Å². The first-order valence-corrected chi connectivity index (χ1v) is 4.04. The summed E-state index contributed by atoms with van der Waals surface area (Å²) in [5.41, 5.74) is 0. The molecular weight excluding hydrogens is 238 g/mol. The summed E-state index contributed by atoms with van der Waals surface area (Å²) < 4.78 is 31.6. The van der Waals surface area contributed by atoms with E-state index in [2.05, 4.69) is 10.6 Å². The zero-order valence-electron chi connectivity index (χ0n) is 6.45. The van der Waals surface area contributed by atoms with E-state index >= 15 is 0 Å². The number of rotatable bonds is 0. The van der Waals surface area contributed by atoms with Crippen LogP contribution in [0.5, 0.6) is 0 Å². The summed E-state index contributed by atoms with van der Waals surface area (Å²) in [6.07, 6.45) is 3.61. The summed E-state index contributed by atoms with van der Waals surface area (Å²) in [6, 6.07) is 0. The van der Waals surface area contributed by atoms with Crippen molar-refractivity contribution >= 4 is 10.4 Å². The molecule has 0 atom stereocenters. The molecule has 1 heterocycles. The molecule has 2 N–H and O–H groups in total. The molecule has 6 nitrogen and oxygen atoms in total. The average Bonchev–Trinajstić information content (AvgIpc) is 2.12. The molecule has 1 aliphatic heterocycles. The molecule has 0 saturated carbocycles. The van der Waals surface area contributed by atoms with Gasteiger partial charge in [-0.15, -0.1) is 0 Å². The van der Waals surface area contributed by atoms with Gasteiger partial charge in [0.25, 0.3) is 0 Å². The first kappa shape index (κ1) is 14.4. The Bertz CT molecular complexity index is 211. The Hall–Kier alpha value is -0.167. The zero-order chi connectivity index (χ0) is 8.91. The monoisotopic (exact) mass is 244 g/mol. The van der Waals surface area contributed by atoms with Gasteiger partial charge in [0.05, 0.1) is 0 Å². The van der Waals surface area contributed by atoms with Crippen LogP contribution in [0.15, 0.2) is 12.4 Å². The van der Waals surface area contributed by atoms with Gasteiger partial charge in [0.2, 0.25) is 0 Å². The van der Waals surface area contributed by atoms with Gasteiger partial charge in [0.1, 0.15) is 0 Å². The minimum absolute atomic E-state index is 0. The molecule has 0 aromatic heterocycles. The van der Waals surface area contributed by atoms with Crippen molar-refractivity contribution < 1.29 is 37.0 Å². The second kappa shape index (κ2) is 6.36. The third-order valence-corrected chi connectivity index (χ3v) is 0.670. The zero-order valence-corrected chi connectivity index (χ0v) is 10.2. The molecule has 0 spiro atoms. The molecule has 12 heavy (non-hydrogen) atoms. The van der Waals surface area contributed by atoms with E-state index in [1.165, 1.54) is 0 Å². The molecule has 0 fully saturated rings. The van der Waals surface area contributed by atoms with Gasteiger partial charge in [-0.1, -0.05) is 6.92 Å². The number of hydrogen-bond donors (Lipinski definition) is 2. The molecule has 0 radical (unpaired) electrons. The van der Waals surface area contributed by atoms with Crippen molar-refractivity contribution in [1.29, 1.82) is 0 Å². The molecule has 0 aromatic carbocycles. The van der Waals surface area contributed by atoms with E-state index in [0.29, 0.717) is 0 Å². The molecule has 1 rings (SSSR count). The molecule has 66 valence electrons. The molecule has 0 saturated heterocycles. The third kappa shape index (κ3) is 16.4. The Morgan fingerprint density at radius 3 is 1.58 bits per heavy atom. The van der Waals surface area contributed by atoms with Crippen LogP contribution in [-0.4, -0.2) is 23.7 Å². The summed E-state index contributed by atoms with van der Waals surface area (Å²) in [6.45, 7) is 1.94. The van der Waals surface area contributed by atoms with Crippen molar-refractivity contribution in [2.75, 3.05) is 0 Å². The van der Waals surface area contributed by atoms with E-state index in [4.69, 9.17) is 17.5 Å². The van der Waals surface area contributed by atoms with E-state index in [0.717, 1.165) is 0 Å². The van der Waals surface area contributed by atoms with Gasteiger partial charge in [0, 0.05) is 0 Å². The Labute approximate surface area is 83.8 Å². The van der Waals surface area contributed by atoms with Crippen LogP contribution in [0.2, 0.25) is 0 Å². The summed E-state index contributed by atoms with van der Waals surface area (Å²) >= 11 is 0. The Kier molecular flexibility index (Phi) is 7.61. The van der Waals surface area contributed by atoms with Crippen LogP contribution >= 0.6 is 0 Å². The van der Waals surface area contributed by atoms with Crippen LogP contribution < -0.4 is 0 Å². The van der Waals surface area contributed by atoms with Crippen molar-refractivity contribution in [3.05, 3.63) is 23.0 Å². The maximum atomic E-state index is 8.74. The standard InChI is InChI=1S/C4H6N2.H2O4S.Zn/c1-4-5-2-3-6-4;1-5(2,3)4;/h2-4H,1H3;(H2,1,2,3,4);/q-2;;+2. The van der Waals surface area contributed by atoms with Gasteiger partial charge in [-0.3, -0.25) is 9.11 Å². The molecule has 0 unspecified atom stereocenters. The fourth-order valence-electron chi connectivity index (χ4n) is 0.365. The summed E-state index contributed by atoms with van der Waals surface area (Å²) in [5.74, 6) is 0. The quantitative estimate of drug-likeness (QED) is 0.489. The average molecular weight is 246 g/mol. The van der Waals surface area contributed by atoms with Gasteiger partial charge in [-0.05, 0) is 0 Å². The minimum atomic E-state index is -4.67. The van der Waals surface area contributed by atoms with Crippen LogP contribution in [-0.2, 0) is 29.9 Å². The molecular formula is C4H8N2O4SZn. The first-order chi connectivity index (χ1) is 4.89. The van der Waals surface area contributed by atoms with E-state index in [9.17, 15) is 0 Å². The topological polar surface area (TPSA) is 103 Å². The largest absolute Gasteiger partial charge is 2.00 e. The predicted molar refractivity (Wildman–Crippen MR) is 39.5 cm³/mol. The summed E-state index contributed by atoms with van der Waals surface area (Å²) in [5, 5.41) is 7.78. The van der Waals surface area contributed by atoms with Crippen LogP contribution in [0.4, 0.5) is 0 Å². The van der Waals surface area contributed by atoms with Gasteiger partial charge < -0.3 is 10.6 Å². The number of hydrogen-bond acceptors (Lipinski definition) is 2. The second-order valence-corrected chi connectivity index (χ2v) is 2.57.